The van der Waals surface area contributed by atoms with E-state index in [9.17, 15) is 9.59 Å². The minimum Gasteiger partial charge on any atom is -0.344 e. The van der Waals surface area contributed by atoms with Crippen molar-refractivity contribution in [2.75, 3.05) is 5.75 Å². The summed E-state index contributed by atoms with van der Waals surface area (Å²) in [5.41, 5.74) is 2.55. The van der Waals surface area contributed by atoms with Crippen LogP contribution in [-0.2, 0) is 21.5 Å². The van der Waals surface area contributed by atoms with Gasteiger partial charge < -0.3 is 10.2 Å². The second kappa shape index (κ2) is 6.00. The number of hydrogen-bond acceptors (Lipinski definition) is 3. The lowest BCUT2D eigenvalue weighted by Gasteiger charge is -2.46. The molecular weight excluding hydrogens is 310 g/mol. The van der Waals surface area contributed by atoms with Crippen molar-refractivity contribution < 1.29 is 14.2 Å². The zero-order chi connectivity index (χ0) is 16.6. The first kappa shape index (κ1) is 16.1. The van der Waals surface area contributed by atoms with Gasteiger partial charge in [0.15, 0.2) is 18.4 Å². The molecule has 0 bridgehead atoms. The number of fused-ring (bicyclic) bond motifs is 1. The molecule has 1 saturated heterocycles. The number of nitrogens with one attached hydrogen (secondary N) is 1. The molecule has 0 radical (unpaired) electrons. The lowest BCUT2D eigenvalue weighted by molar-refractivity contribution is -0.699. The number of β-lactam (4-membered cyclic amide) rings is 1. The van der Waals surface area contributed by atoms with Crippen LogP contribution in [0.1, 0.15) is 26.5 Å². The van der Waals surface area contributed by atoms with E-state index in [0.29, 0.717) is 6.41 Å². The molecule has 3 rings (SSSR count). The highest BCUT2D eigenvalue weighted by atomic mass is 32.2. The lowest BCUT2D eigenvalue weighted by atomic mass is 9.91. The van der Waals surface area contributed by atoms with E-state index in [4.69, 9.17) is 0 Å². The van der Waals surface area contributed by atoms with Crippen LogP contribution in [-0.4, -0.2) is 34.4 Å². The summed E-state index contributed by atoms with van der Waals surface area (Å²) in [5.74, 6) is 0.845. The van der Waals surface area contributed by atoms with Gasteiger partial charge in [-0.2, -0.15) is 4.57 Å². The summed E-state index contributed by atoms with van der Waals surface area (Å²) in [6.07, 6.45) is 4.65. The molecule has 2 aliphatic heterocycles. The summed E-state index contributed by atoms with van der Waals surface area (Å²) in [6.45, 7) is 7.39. The Labute approximate surface area is 140 Å². The van der Waals surface area contributed by atoms with Crippen LogP contribution in [0.2, 0.25) is 0 Å². The first-order valence-corrected chi connectivity index (χ1v) is 8.78. The van der Waals surface area contributed by atoms with Gasteiger partial charge in [-0.15, -0.1) is 11.8 Å². The van der Waals surface area contributed by atoms with Crippen molar-refractivity contribution in [3.63, 3.8) is 0 Å². The second-order valence-electron chi connectivity index (χ2n) is 6.96. The molecule has 1 aromatic rings. The molecule has 0 spiro atoms. The van der Waals surface area contributed by atoms with E-state index >= 15 is 0 Å². The van der Waals surface area contributed by atoms with Crippen molar-refractivity contribution in [2.45, 2.75) is 44.1 Å². The third-order valence-electron chi connectivity index (χ3n) is 4.17. The molecule has 3 heterocycles. The van der Waals surface area contributed by atoms with Crippen molar-refractivity contribution in [2.24, 2.45) is 0 Å². The van der Waals surface area contributed by atoms with Gasteiger partial charge in [0.1, 0.15) is 11.4 Å². The normalized spacial score (nSPS) is 23.7. The van der Waals surface area contributed by atoms with E-state index in [1.807, 2.05) is 12.3 Å². The maximum Gasteiger partial charge on any atom is 0.253 e. The number of pyridine rings is 1. The number of carbonyl (C=O) groups excluding carboxylic acids is 2. The maximum absolute atomic E-state index is 12.0. The molecule has 2 atom stereocenters. The molecule has 23 heavy (non-hydrogen) atoms. The topological polar surface area (TPSA) is 53.3 Å². The summed E-state index contributed by atoms with van der Waals surface area (Å²) in [4.78, 5) is 24.3. The second-order valence-corrected chi connectivity index (χ2v) is 8.07. The molecule has 5 nitrogen and oxygen atoms in total. The number of aromatic nitrogens is 1. The standard InChI is InChI=1S/C17H21N3O2S/c1-17(2,3)13-6-4-5-7-19(13)8-12-9-20-15(22)14(18-11-21)16(20)23-10-12/h4-7,9,11,14,16H,8,10H2,1-3H3/p+1/t14-,16-/m1/s1. The zero-order valence-electron chi connectivity index (χ0n) is 13.7. The summed E-state index contributed by atoms with van der Waals surface area (Å²) in [6, 6.07) is 5.88. The molecule has 1 fully saturated rings. The largest absolute Gasteiger partial charge is 0.344 e. The molecule has 2 amide bonds. The minimum absolute atomic E-state index is 0.0269. The molecule has 0 unspecified atom stereocenters. The fourth-order valence-electron chi connectivity index (χ4n) is 3.05. The van der Waals surface area contributed by atoms with Gasteiger partial charge in [0.25, 0.3) is 5.91 Å². The Morgan fingerprint density at radius 2 is 2.22 bits per heavy atom. The predicted molar refractivity (Wildman–Crippen MR) is 89.5 cm³/mol. The average Bonchev–Trinajstić information content (AvgIpc) is 2.52. The van der Waals surface area contributed by atoms with Gasteiger partial charge in [0.2, 0.25) is 6.41 Å². The van der Waals surface area contributed by atoms with Gasteiger partial charge in [-0.25, -0.2) is 0 Å². The van der Waals surface area contributed by atoms with E-state index in [1.54, 1.807) is 16.7 Å². The van der Waals surface area contributed by atoms with Crippen LogP contribution < -0.4 is 9.88 Å². The molecule has 0 saturated carbocycles. The van der Waals surface area contributed by atoms with Gasteiger partial charge in [0.05, 0.1) is 0 Å². The number of nitrogens with zero attached hydrogens (tertiary/aromatic N) is 2. The Kier molecular flexibility index (Phi) is 4.19. The minimum atomic E-state index is -0.371. The first-order valence-electron chi connectivity index (χ1n) is 7.74. The molecule has 1 N–H and O–H groups in total. The number of rotatable bonds is 4. The monoisotopic (exact) mass is 332 g/mol. The van der Waals surface area contributed by atoms with E-state index in [0.717, 1.165) is 12.3 Å². The summed E-state index contributed by atoms with van der Waals surface area (Å²) in [5, 5.41) is 2.64. The Balaban J connectivity index is 1.77. The number of thioether (sulfide) groups is 1. The van der Waals surface area contributed by atoms with Gasteiger partial charge in [-0.1, -0.05) is 26.8 Å². The van der Waals surface area contributed by atoms with Crippen molar-refractivity contribution in [1.29, 1.82) is 0 Å². The van der Waals surface area contributed by atoms with Crippen molar-refractivity contribution in [1.82, 2.24) is 10.2 Å². The highest BCUT2D eigenvalue weighted by Gasteiger charge is 2.48. The Hall–Kier alpha value is -1.82. The fraction of sp³-hybridized carbons (Fsp3) is 0.471. The predicted octanol–water partition coefficient (Wildman–Crippen LogP) is 1.19. The highest BCUT2D eigenvalue weighted by molar-refractivity contribution is 8.00. The number of amides is 2. The summed E-state index contributed by atoms with van der Waals surface area (Å²) < 4.78 is 2.25. The van der Waals surface area contributed by atoms with Gasteiger partial charge >= 0.3 is 0 Å². The molecule has 2 aliphatic rings. The quantitative estimate of drug-likeness (QED) is 0.512. The maximum atomic E-state index is 12.0. The van der Waals surface area contributed by atoms with Crippen LogP contribution in [0, 0.1) is 0 Å². The lowest BCUT2D eigenvalue weighted by Crippen LogP contribution is -2.67. The highest BCUT2D eigenvalue weighted by Crippen LogP contribution is 2.36. The first-order chi connectivity index (χ1) is 10.9. The summed E-state index contributed by atoms with van der Waals surface area (Å²) in [7, 11) is 0. The third-order valence-corrected chi connectivity index (χ3v) is 5.55. The van der Waals surface area contributed by atoms with Crippen LogP contribution in [0.3, 0.4) is 0 Å². The summed E-state index contributed by atoms with van der Waals surface area (Å²) >= 11 is 1.71. The molecule has 6 heteroatoms. The zero-order valence-corrected chi connectivity index (χ0v) is 14.5. The van der Waals surface area contributed by atoms with Crippen molar-refractivity contribution in [3.05, 3.63) is 41.9 Å². The van der Waals surface area contributed by atoms with Crippen LogP contribution in [0.15, 0.2) is 36.2 Å². The van der Waals surface area contributed by atoms with Crippen LogP contribution in [0.5, 0.6) is 0 Å². The Morgan fingerprint density at radius 3 is 2.91 bits per heavy atom. The average molecular weight is 332 g/mol. The molecule has 0 aromatic carbocycles. The van der Waals surface area contributed by atoms with E-state index in [1.165, 1.54) is 11.3 Å². The number of hydrogen-bond donors (Lipinski definition) is 1. The van der Waals surface area contributed by atoms with Crippen LogP contribution in [0.25, 0.3) is 0 Å². The van der Waals surface area contributed by atoms with Gasteiger partial charge in [-0.05, 0) is 0 Å². The van der Waals surface area contributed by atoms with Gasteiger partial charge in [-0.3, -0.25) is 9.59 Å². The van der Waals surface area contributed by atoms with E-state index < -0.39 is 0 Å². The SMILES string of the molecule is CC(C)(C)c1cccc[n+]1CC1=CN2C(=O)[C@@H](NC=O)[C@H]2SC1. The Bertz CT molecular complexity index is 666. The Morgan fingerprint density at radius 1 is 1.43 bits per heavy atom. The third kappa shape index (κ3) is 3.00. The molecule has 122 valence electrons. The van der Waals surface area contributed by atoms with E-state index in [2.05, 4.69) is 49.0 Å². The van der Waals surface area contributed by atoms with Crippen LogP contribution >= 0.6 is 11.8 Å². The van der Waals surface area contributed by atoms with E-state index in [-0.39, 0.29) is 22.7 Å². The number of carbonyl (C=O) groups is 2. The molecule has 1 aromatic heterocycles. The van der Waals surface area contributed by atoms with Crippen molar-refractivity contribution >= 4 is 24.1 Å². The van der Waals surface area contributed by atoms with Gasteiger partial charge in [0, 0.05) is 35.1 Å². The smallest absolute Gasteiger partial charge is 0.253 e. The fourth-order valence-corrected chi connectivity index (χ4v) is 4.32. The van der Waals surface area contributed by atoms with Crippen molar-refractivity contribution in [3.8, 4) is 0 Å². The molecular formula is C17H22N3O2S+. The molecule has 0 aliphatic carbocycles. The van der Waals surface area contributed by atoms with Crippen LogP contribution in [0.4, 0.5) is 0 Å².